The number of ketones is 1. The molecule has 23 heavy (non-hydrogen) atoms. The highest BCUT2D eigenvalue weighted by molar-refractivity contribution is 6.56. The first-order valence-corrected chi connectivity index (χ1v) is 7.92. The van der Waals surface area contributed by atoms with E-state index in [4.69, 9.17) is 20.9 Å². The predicted octanol–water partition coefficient (Wildman–Crippen LogP) is 3.55. The van der Waals surface area contributed by atoms with Crippen LogP contribution in [0.15, 0.2) is 23.7 Å². The van der Waals surface area contributed by atoms with Gasteiger partial charge in [-0.1, -0.05) is 29.8 Å². The van der Waals surface area contributed by atoms with E-state index < -0.39 is 18.3 Å². The van der Waals surface area contributed by atoms with Crippen LogP contribution in [0.4, 0.5) is 0 Å². The summed E-state index contributed by atoms with van der Waals surface area (Å²) in [6.07, 6.45) is 1.74. The van der Waals surface area contributed by atoms with Crippen LogP contribution in [0, 0.1) is 0 Å². The number of hydrogen-bond donors (Lipinski definition) is 1. The van der Waals surface area contributed by atoms with Gasteiger partial charge < -0.3 is 14.4 Å². The number of carbonyl (C=O) groups excluding carboxylic acids is 1. The number of carbonyl (C=O) groups is 1. The molecular formula is C17H22BClO4. The van der Waals surface area contributed by atoms with Gasteiger partial charge in [-0.2, -0.15) is 0 Å². The Kier molecular flexibility index (Phi) is 5.07. The van der Waals surface area contributed by atoms with Crippen molar-refractivity contribution in [3.8, 4) is 0 Å². The first-order valence-electron chi connectivity index (χ1n) is 7.55. The first-order chi connectivity index (χ1) is 10.6. The molecule has 1 aliphatic rings. The van der Waals surface area contributed by atoms with Gasteiger partial charge in [0.05, 0.1) is 17.8 Å². The normalized spacial score (nSPS) is 20.0. The van der Waals surface area contributed by atoms with Gasteiger partial charge in [0.15, 0.2) is 5.78 Å². The molecule has 1 aliphatic heterocycles. The molecule has 1 aromatic rings. The highest BCUT2D eigenvalue weighted by atomic mass is 35.5. The number of rotatable bonds is 4. The van der Waals surface area contributed by atoms with Crippen molar-refractivity contribution >= 4 is 30.6 Å². The average Bonchev–Trinajstić information content (AvgIpc) is 2.65. The number of halogens is 1. The Labute approximate surface area is 142 Å². The summed E-state index contributed by atoms with van der Waals surface area (Å²) in [4.78, 5) is 11.4. The molecule has 0 amide bonds. The molecule has 1 heterocycles. The molecule has 0 saturated carbocycles. The van der Waals surface area contributed by atoms with Gasteiger partial charge in [-0.3, -0.25) is 4.79 Å². The minimum Gasteiger partial charge on any atom is -0.400 e. The monoisotopic (exact) mass is 336 g/mol. The topological polar surface area (TPSA) is 55.8 Å². The zero-order chi connectivity index (χ0) is 17.4. The fourth-order valence-corrected chi connectivity index (χ4v) is 2.48. The maximum absolute atomic E-state index is 11.4. The second-order valence-corrected chi connectivity index (χ2v) is 7.17. The van der Waals surface area contributed by atoms with E-state index in [1.54, 1.807) is 24.3 Å². The third-order valence-electron chi connectivity index (χ3n) is 4.49. The molecule has 0 radical (unpaired) electrons. The summed E-state index contributed by atoms with van der Waals surface area (Å²) in [5.74, 6) is -0.0456. The number of hydrogen-bond acceptors (Lipinski definition) is 4. The van der Waals surface area contributed by atoms with E-state index in [1.807, 2.05) is 27.7 Å². The van der Waals surface area contributed by atoms with Crippen LogP contribution in [0.25, 0.3) is 6.08 Å². The SMILES string of the molecule is CC(=O)c1ccc(C=C(CO)B2OC(C)(C)C(C)(C)O2)c(Cl)c1. The Balaban J connectivity index is 2.32. The summed E-state index contributed by atoms with van der Waals surface area (Å²) in [7, 11) is -0.631. The number of aliphatic hydroxyl groups is 1. The molecule has 1 saturated heterocycles. The van der Waals surface area contributed by atoms with Crippen LogP contribution in [-0.2, 0) is 9.31 Å². The molecule has 1 aromatic carbocycles. The lowest BCUT2D eigenvalue weighted by Gasteiger charge is -2.32. The summed E-state index contributed by atoms with van der Waals surface area (Å²) in [6.45, 7) is 9.10. The van der Waals surface area contributed by atoms with Gasteiger partial charge in [-0.15, -0.1) is 0 Å². The smallest absolute Gasteiger partial charge is 0.400 e. The van der Waals surface area contributed by atoms with Crippen molar-refractivity contribution in [2.24, 2.45) is 0 Å². The van der Waals surface area contributed by atoms with Gasteiger partial charge in [0, 0.05) is 10.6 Å². The number of benzene rings is 1. The lowest BCUT2D eigenvalue weighted by molar-refractivity contribution is 0.00578. The Hall–Kier alpha value is -1.14. The van der Waals surface area contributed by atoms with E-state index in [0.29, 0.717) is 21.6 Å². The van der Waals surface area contributed by atoms with Crippen molar-refractivity contribution in [2.75, 3.05) is 6.61 Å². The van der Waals surface area contributed by atoms with Gasteiger partial charge in [0.2, 0.25) is 0 Å². The lowest BCUT2D eigenvalue weighted by atomic mass is 9.77. The van der Waals surface area contributed by atoms with Gasteiger partial charge in [0.25, 0.3) is 0 Å². The molecule has 124 valence electrons. The Morgan fingerprint density at radius 3 is 2.26 bits per heavy atom. The van der Waals surface area contributed by atoms with Crippen molar-refractivity contribution in [3.05, 3.63) is 39.8 Å². The minimum absolute atomic E-state index is 0.0456. The molecule has 1 fully saturated rings. The van der Waals surface area contributed by atoms with Gasteiger partial charge >= 0.3 is 7.12 Å². The van der Waals surface area contributed by atoms with Gasteiger partial charge in [-0.25, -0.2) is 0 Å². The van der Waals surface area contributed by atoms with Crippen LogP contribution in [0.5, 0.6) is 0 Å². The number of Topliss-reactive ketones (excluding diaryl/α,β-unsaturated/α-hetero) is 1. The zero-order valence-corrected chi connectivity index (χ0v) is 14.9. The number of aliphatic hydroxyl groups excluding tert-OH is 1. The molecule has 0 aromatic heterocycles. The van der Waals surface area contributed by atoms with E-state index in [1.165, 1.54) is 6.92 Å². The highest BCUT2D eigenvalue weighted by Gasteiger charge is 2.52. The molecule has 2 rings (SSSR count). The Morgan fingerprint density at radius 1 is 1.26 bits per heavy atom. The molecule has 0 spiro atoms. The van der Waals surface area contributed by atoms with E-state index in [-0.39, 0.29) is 12.4 Å². The summed E-state index contributed by atoms with van der Waals surface area (Å²) < 4.78 is 11.9. The Morgan fingerprint density at radius 2 is 1.83 bits per heavy atom. The van der Waals surface area contributed by atoms with Crippen molar-refractivity contribution in [2.45, 2.75) is 45.8 Å². The molecule has 6 heteroatoms. The molecular weight excluding hydrogens is 314 g/mol. The quantitative estimate of drug-likeness (QED) is 0.675. The lowest BCUT2D eigenvalue weighted by Crippen LogP contribution is -2.41. The zero-order valence-electron chi connectivity index (χ0n) is 14.1. The summed E-state index contributed by atoms with van der Waals surface area (Å²) in [5.41, 5.74) is 0.882. The molecule has 0 aliphatic carbocycles. The van der Waals surface area contributed by atoms with E-state index >= 15 is 0 Å². The van der Waals surface area contributed by atoms with E-state index in [2.05, 4.69) is 0 Å². The van der Waals surface area contributed by atoms with Crippen molar-refractivity contribution < 1.29 is 19.2 Å². The third-order valence-corrected chi connectivity index (χ3v) is 4.81. The van der Waals surface area contributed by atoms with Gasteiger partial charge in [0.1, 0.15) is 0 Å². The average molecular weight is 337 g/mol. The van der Waals surface area contributed by atoms with Crippen LogP contribution in [0.3, 0.4) is 0 Å². The van der Waals surface area contributed by atoms with Crippen LogP contribution < -0.4 is 0 Å². The van der Waals surface area contributed by atoms with Crippen LogP contribution in [0.1, 0.15) is 50.5 Å². The van der Waals surface area contributed by atoms with Crippen molar-refractivity contribution in [1.29, 1.82) is 0 Å². The first kappa shape index (κ1) is 18.2. The molecule has 0 atom stereocenters. The summed E-state index contributed by atoms with van der Waals surface area (Å²) >= 11 is 6.23. The third kappa shape index (κ3) is 3.69. The van der Waals surface area contributed by atoms with Crippen molar-refractivity contribution in [3.63, 3.8) is 0 Å². The Bertz CT molecular complexity index is 636. The maximum atomic E-state index is 11.4. The van der Waals surface area contributed by atoms with Crippen molar-refractivity contribution in [1.82, 2.24) is 0 Å². The second-order valence-electron chi connectivity index (χ2n) is 6.76. The van der Waals surface area contributed by atoms with E-state index in [9.17, 15) is 9.90 Å². The van der Waals surface area contributed by atoms with Gasteiger partial charge in [-0.05, 0) is 51.7 Å². The highest BCUT2D eigenvalue weighted by Crippen LogP contribution is 2.39. The van der Waals surface area contributed by atoms with E-state index in [0.717, 1.165) is 0 Å². The van der Waals surface area contributed by atoms with Crippen LogP contribution >= 0.6 is 11.6 Å². The molecule has 0 bridgehead atoms. The second kappa shape index (κ2) is 6.40. The fraction of sp³-hybridized carbons (Fsp3) is 0.471. The minimum atomic E-state index is -0.631. The fourth-order valence-electron chi connectivity index (χ4n) is 2.25. The summed E-state index contributed by atoms with van der Waals surface area (Å²) in [5, 5.41) is 10.1. The molecule has 1 N–H and O–H groups in total. The van der Waals surface area contributed by atoms with Crippen LogP contribution in [0.2, 0.25) is 5.02 Å². The van der Waals surface area contributed by atoms with Crippen LogP contribution in [-0.4, -0.2) is 35.8 Å². The largest absolute Gasteiger partial charge is 0.492 e. The maximum Gasteiger partial charge on any atom is 0.492 e. The standard InChI is InChI=1S/C17H22BClO4/c1-11(21)12-6-7-13(15(19)9-12)8-14(10-20)18-22-16(2,3)17(4,5)23-18/h6-9,20H,10H2,1-5H3. The molecule has 0 unspecified atom stereocenters. The summed E-state index contributed by atoms with van der Waals surface area (Å²) in [6, 6.07) is 5.08. The predicted molar refractivity (Wildman–Crippen MR) is 92.6 cm³/mol. The molecule has 4 nitrogen and oxygen atoms in total.